The molecule has 0 aliphatic rings. The summed E-state index contributed by atoms with van der Waals surface area (Å²) in [6.45, 7) is 8.76. The lowest BCUT2D eigenvalue weighted by Crippen LogP contribution is -2.49. The summed E-state index contributed by atoms with van der Waals surface area (Å²) in [6.07, 6.45) is 0.738. The van der Waals surface area contributed by atoms with Crippen molar-refractivity contribution < 1.29 is 9.90 Å². The number of hydrogen-bond donors (Lipinski definition) is 3. The Morgan fingerprint density at radius 3 is 2.55 bits per heavy atom. The zero-order chi connectivity index (χ0) is 15.3. The van der Waals surface area contributed by atoms with Gasteiger partial charge in [0.05, 0.1) is 0 Å². The van der Waals surface area contributed by atoms with Gasteiger partial charge in [0.25, 0.3) is 0 Å². The molecule has 6 heteroatoms. The smallest absolute Gasteiger partial charge is 0.404 e. The Labute approximate surface area is 128 Å². The monoisotopic (exact) mass is 343 g/mol. The van der Waals surface area contributed by atoms with Crippen molar-refractivity contribution in [2.45, 2.75) is 33.7 Å². The second-order valence-corrected chi connectivity index (χ2v) is 6.93. The molecule has 0 radical (unpaired) electrons. The van der Waals surface area contributed by atoms with Crippen molar-refractivity contribution in [1.82, 2.24) is 10.3 Å². The standard InChI is InChI=1S/C14H22BrN3O2/c1-9(12(14(2,3)4)18-13(19)20)7-16-11-6-5-10(15)8-17-11/h5-6,8-9,12,18H,7H2,1-4H3,(H,16,17)(H,19,20). The lowest BCUT2D eigenvalue weighted by atomic mass is 9.79. The molecule has 0 aromatic carbocycles. The molecule has 0 aliphatic carbocycles. The molecule has 1 aromatic rings. The number of pyridine rings is 1. The Balaban J connectivity index is 2.64. The average molecular weight is 344 g/mol. The molecule has 1 heterocycles. The third-order valence-electron chi connectivity index (χ3n) is 3.11. The van der Waals surface area contributed by atoms with Gasteiger partial charge in [-0.2, -0.15) is 0 Å². The molecule has 5 nitrogen and oxygen atoms in total. The van der Waals surface area contributed by atoms with Crippen LogP contribution in [0.2, 0.25) is 0 Å². The van der Waals surface area contributed by atoms with Crippen molar-refractivity contribution in [2.75, 3.05) is 11.9 Å². The minimum Gasteiger partial charge on any atom is -0.465 e. The highest BCUT2D eigenvalue weighted by Crippen LogP contribution is 2.25. The number of nitrogens with one attached hydrogen (secondary N) is 2. The van der Waals surface area contributed by atoms with Gasteiger partial charge < -0.3 is 15.7 Å². The number of rotatable bonds is 5. The number of halogens is 1. The highest BCUT2D eigenvalue weighted by Gasteiger charge is 2.31. The third kappa shape index (κ3) is 5.36. The first-order valence-electron chi connectivity index (χ1n) is 6.55. The fourth-order valence-corrected chi connectivity index (χ4v) is 2.44. The van der Waals surface area contributed by atoms with Crippen LogP contribution in [0, 0.1) is 11.3 Å². The summed E-state index contributed by atoms with van der Waals surface area (Å²) < 4.78 is 0.927. The number of carboxylic acid groups (broad SMARTS) is 1. The maximum atomic E-state index is 10.9. The molecule has 1 aromatic heterocycles. The van der Waals surface area contributed by atoms with Crippen LogP contribution in [0.15, 0.2) is 22.8 Å². The molecule has 0 saturated carbocycles. The van der Waals surface area contributed by atoms with E-state index in [-0.39, 0.29) is 17.4 Å². The molecule has 0 saturated heterocycles. The Hall–Kier alpha value is -1.30. The predicted octanol–water partition coefficient (Wildman–Crippen LogP) is 3.57. The largest absolute Gasteiger partial charge is 0.465 e. The second kappa shape index (κ2) is 6.92. The SMILES string of the molecule is CC(CNc1ccc(Br)cn1)C(NC(=O)O)C(C)(C)C. The van der Waals surface area contributed by atoms with Crippen LogP contribution in [0.4, 0.5) is 10.6 Å². The Morgan fingerprint density at radius 2 is 2.10 bits per heavy atom. The van der Waals surface area contributed by atoms with Crippen molar-refractivity contribution in [2.24, 2.45) is 11.3 Å². The summed E-state index contributed by atoms with van der Waals surface area (Å²) in [5, 5.41) is 14.8. The molecule has 0 fully saturated rings. The number of carbonyl (C=O) groups is 1. The van der Waals surface area contributed by atoms with Crippen molar-refractivity contribution in [1.29, 1.82) is 0 Å². The summed E-state index contributed by atoms with van der Waals surface area (Å²) in [4.78, 5) is 15.2. The van der Waals surface area contributed by atoms with Gasteiger partial charge in [-0.3, -0.25) is 0 Å². The Bertz CT molecular complexity index is 443. The zero-order valence-corrected chi connectivity index (χ0v) is 13.9. The van der Waals surface area contributed by atoms with Crippen LogP contribution in [0.25, 0.3) is 0 Å². The van der Waals surface area contributed by atoms with Gasteiger partial charge in [0.1, 0.15) is 5.82 Å². The van der Waals surface area contributed by atoms with Gasteiger partial charge in [0, 0.05) is 23.3 Å². The van der Waals surface area contributed by atoms with Gasteiger partial charge in [0.2, 0.25) is 0 Å². The van der Waals surface area contributed by atoms with Crippen molar-refractivity contribution >= 4 is 27.8 Å². The summed E-state index contributed by atoms with van der Waals surface area (Å²) in [7, 11) is 0. The van der Waals surface area contributed by atoms with Crippen LogP contribution in [-0.4, -0.2) is 28.8 Å². The fraction of sp³-hybridized carbons (Fsp3) is 0.571. The quantitative estimate of drug-likeness (QED) is 0.763. The average Bonchev–Trinajstić information content (AvgIpc) is 2.33. The molecule has 0 aliphatic heterocycles. The molecule has 1 amide bonds. The van der Waals surface area contributed by atoms with Crippen LogP contribution < -0.4 is 10.6 Å². The molecular weight excluding hydrogens is 322 g/mol. The van der Waals surface area contributed by atoms with E-state index in [2.05, 4.69) is 31.5 Å². The number of amides is 1. The molecule has 1 rings (SSSR count). The number of nitrogens with zero attached hydrogens (tertiary/aromatic N) is 1. The van der Waals surface area contributed by atoms with Crippen LogP contribution in [0.5, 0.6) is 0 Å². The minimum atomic E-state index is -0.987. The molecule has 112 valence electrons. The first-order valence-corrected chi connectivity index (χ1v) is 7.34. The van der Waals surface area contributed by atoms with Gasteiger partial charge in [0.15, 0.2) is 0 Å². The highest BCUT2D eigenvalue weighted by molar-refractivity contribution is 9.10. The first-order chi connectivity index (χ1) is 9.20. The normalized spacial score (nSPS) is 14.4. The topological polar surface area (TPSA) is 74.2 Å². The molecule has 3 N–H and O–H groups in total. The maximum absolute atomic E-state index is 10.9. The Kier molecular flexibility index (Phi) is 5.80. The number of anilines is 1. The van der Waals surface area contributed by atoms with Gasteiger partial charge in [-0.05, 0) is 39.4 Å². The summed E-state index contributed by atoms with van der Waals surface area (Å²) >= 11 is 3.34. The van der Waals surface area contributed by atoms with E-state index in [1.54, 1.807) is 6.20 Å². The van der Waals surface area contributed by atoms with Gasteiger partial charge in [-0.1, -0.05) is 27.7 Å². The van der Waals surface area contributed by atoms with E-state index in [4.69, 9.17) is 5.11 Å². The predicted molar refractivity (Wildman–Crippen MR) is 84.0 cm³/mol. The van der Waals surface area contributed by atoms with Crippen LogP contribution in [0.3, 0.4) is 0 Å². The molecule has 20 heavy (non-hydrogen) atoms. The zero-order valence-electron chi connectivity index (χ0n) is 12.3. The lowest BCUT2D eigenvalue weighted by Gasteiger charge is -2.35. The first kappa shape index (κ1) is 16.8. The van der Waals surface area contributed by atoms with Crippen molar-refractivity contribution in [3.63, 3.8) is 0 Å². The molecule has 2 unspecified atom stereocenters. The van der Waals surface area contributed by atoms with E-state index >= 15 is 0 Å². The summed E-state index contributed by atoms with van der Waals surface area (Å²) in [5.41, 5.74) is -0.146. The number of hydrogen-bond acceptors (Lipinski definition) is 3. The van der Waals surface area contributed by atoms with Crippen molar-refractivity contribution in [3.05, 3.63) is 22.8 Å². The van der Waals surface area contributed by atoms with Crippen LogP contribution >= 0.6 is 15.9 Å². The summed E-state index contributed by atoms with van der Waals surface area (Å²) in [6, 6.07) is 3.66. The number of aromatic nitrogens is 1. The highest BCUT2D eigenvalue weighted by atomic mass is 79.9. The minimum absolute atomic E-state index is 0.136. The van der Waals surface area contributed by atoms with E-state index in [1.807, 2.05) is 39.8 Å². The van der Waals surface area contributed by atoms with E-state index in [0.717, 1.165) is 10.3 Å². The molecule has 0 spiro atoms. The summed E-state index contributed by atoms with van der Waals surface area (Å²) in [5.74, 6) is 0.916. The van der Waals surface area contributed by atoms with E-state index in [0.29, 0.717) is 6.54 Å². The van der Waals surface area contributed by atoms with Gasteiger partial charge in [-0.25, -0.2) is 9.78 Å². The molecular formula is C14H22BrN3O2. The van der Waals surface area contributed by atoms with Crippen molar-refractivity contribution in [3.8, 4) is 0 Å². The second-order valence-electron chi connectivity index (χ2n) is 6.01. The van der Waals surface area contributed by atoms with Crippen LogP contribution in [-0.2, 0) is 0 Å². The fourth-order valence-electron chi connectivity index (χ4n) is 2.21. The van der Waals surface area contributed by atoms with Gasteiger partial charge >= 0.3 is 6.09 Å². The van der Waals surface area contributed by atoms with E-state index in [9.17, 15) is 4.79 Å². The molecule has 2 atom stereocenters. The van der Waals surface area contributed by atoms with Gasteiger partial charge in [-0.15, -0.1) is 0 Å². The van der Waals surface area contributed by atoms with E-state index in [1.165, 1.54) is 0 Å². The van der Waals surface area contributed by atoms with Crippen LogP contribution in [0.1, 0.15) is 27.7 Å². The third-order valence-corrected chi connectivity index (χ3v) is 3.58. The Morgan fingerprint density at radius 1 is 1.45 bits per heavy atom. The lowest BCUT2D eigenvalue weighted by molar-refractivity contribution is 0.159. The maximum Gasteiger partial charge on any atom is 0.404 e. The van der Waals surface area contributed by atoms with E-state index < -0.39 is 6.09 Å². The molecule has 0 bridgehead atoms.